The Bertz CT molecular complexity index is 767. The number of aromatic nitrogens is 1. The maximum atomic E-state index is 13.3. The fraction of sp³-hybridized carbons (Fsp3) is 0.429. The molecular weight excluding hydrogens is 342 g/mol. The van der Waals surface area contributed by atoms with Gasteiger partial charge in [-0.3, -0.25) is 14.7 Å². The first-order valence-corrected chi connectivity index (χ1v) is 10.4. The van der Waals surface area contributed by atoms with Crippen molar-refractivity contribution in [1.29, 1.82) is 0 Å². The molecule has 1 aromatic heterocycles. The second-order valence-corrected chi connectivity index (χ2v) is 8.39. The molecule has 0 N–H and O–H groups in total. The molecule has 0 radical (unpaired) electrons. The fourth-order valence-electron chi connectivity index (χ4n) is 4.00. The van der Waals surface area contributed by atoms with Crippen LogP contribution in [0.25, 0.3) is 0 Å². The number of piperazine rings is 1. The third kappa shape index (κ3) is 3.64. The molecule has 4 rings (SSSR count). The number of pyridine rings is 1. The van der Waals surface area contributed by atoms with Crippen LogP contribution in [0.2, 0.25) is 0 Å². The number of carbonyl (C=O) groups excluding carboxylic acids is 1. The van der Waals surface area contributed by atoms with E-state index in [0.29, 0.717) is 0 Å². The number of carbonyl (C=O) groups is 1. The molecule has 4 nitrogen and oxygen atoms in total. The molecule has 0 bridgehead atoms. The van der Waals surface area contributed by atoms with Crippen LogP contribution in [0.3, 0.4) is 0 Å². The number of hydrogen-bond acceptors (Lipinski definition) is 4. The van der Waals surface area contributed by atoms with Gasteiger partial charge >= 0.3 is 0 Å². The van der Waals surface area contributed by atoms with Crippen molar-refractivity contribution in [2.45, 2.75) is 31.2 Å². The van der Waals surface area contributed by atoms with Gasteiger partial charge in [-0.15, -0.1) is 11.8 Å². The van der Waals surface area contributed by atoms with Gasteiger partial charge in [0.2, 0.25) is 5.91 Å². The van der Waals surface area contributed by atoms with Crippen LogP contribution in [0.15, 0.2) is 48.8 Å². The second kappa shape index (κ2) is 7.80. The summed E-state index contributed by atoms with van der Waals surface area (Å²) in [6.07, 6.45) is 4.80. The Hall–Kier alpha value is -1.85. The summed E-state index contributed by atoms with van der Waals surface area (Å²) in [5, 5.41) is -0.0349. The molecule has 2 aliphatic rings. The van der Waals surface area contributed by atoms with E-state index in [2.05, 4.69) is 52.0 Å². The van der Waals surface area contributed by atoms with Crippen molar-refractivity contribution in [1.82, 2.24) is 14.8 Å². The summed E-state index contributed by atoms with van der Waals surface area (Å²) >= 11 is 1.80. The molecule has 26 heavy (non-hydrogen) atoms. The zero-order valence-corrected chi connectivity index (χ0v) is 16.0. The van der Waals surface area contributed by atoms with Gasteiger partial charge in [-0.05, 0) is 41.9 Å². The van der Waals surface area contributed by atoms with Crippen LogP contribution >= 0.6 is 11.8 Å². The van der Waals surface area contributed by atoms with Crippen LogP contribution in [-0.4, -0.2) is 52.1 Å². The molecule has 2 aliphatic heterocycles. The smallest absolute Gasteiger partial charge is 0.240 e. The number of fused-ring (bicyclic) bond motifs is 1. The summed E-state index contributed by atoms with van der Waals surface area (Å²) in [4.78, 5) is 22.0. The normalized spacial score (nSPS) is 23.5. The molecule has 1 aromatic carbocycles. The van der Waals surface area contributed by atoms with E-state index in [9.17, 15) is 4.79 Å². The van der Waals surface area contributed by atoms with Crippen LogP contribution in [0, 0.1) is 0 Å². The van der Waals surface area contributed by atoms with E-state index in [0.717, 1.165) is 38.4 Å². The third-order valence-electron chi connectivity index (χ3n) is 5.34. The summed E-state index contributed by atoms with van der Waals surface area (Å²) in [6, 6.07) is 12.8. The van der Waals surface area contributed by atoms with Gasteiger partial charge in [-0.1, -0.05) is 30.3 Å². The highest BCUT2D eigenvalue weighted by atomic mass is 32.2. The van der Waals surface area contributed by atoms with Gasteiger partial charge in [-0.2, -0.15) is 0 Å². The highest BCUT2D eigenvalue weighted by Crippen LogP contribution is 2.38. The fourth-order valence-corrected chi connectivity index (χ4v) is 5.26. The van der Waals surface area contributed by atoms with Crippen molar-refractivity contribution in [2.75, 3.05) is 25.4 Å². The van der Waals surface area contributed by atoms with E-state index in [1.165, 1.54) is 16.7 Å². The first-order chi connectivity index (χ1) is 12.7. The molecule has 0 saturated carbocycles. The van der Waals surface area contributed by atoms with Gasteiger partial charge in [0.15, 0.2) is 0 Å². The van der Waals surface area contributed by atoms with E-state index in [4.69, 9.17) is 0 Å². The second-order valence-electron chi connectivity index (χ2n) is 7.18. The minimum Gasteiger partial charge on any atom is -0.336 e. The molecule has 2 aromatic rings. The zero-order chi connectivity index (χ0) is 17.9. The Kier molecular flexibility index (Phi) is 5.27. The van der Waals surface area contributed by atoms with Crippen LogP contribution in [0.4, 0.5) is 0 Å². The molecule has 3 heterocycles. The highest BCUT2D eigenvalue weighted by Gasteiger charge is 2.35. The Labute approximate surface area is 159 Å². The molecular formula is C21H25N3OS. The minimum atomic E-state index is -0.0349. The maximum Gasteiger partial charge on any atom is 0.240 e. The highest BCUT2D eigenvalue weighted by molar-refractivity contribution is 8.00. The van der Waals surface area contributed by atoms with Crippen LogP contribution in [-0.2, 0) is 17.8 Å². The number of rotatable bonds is 3. The number of amides is 1. The van der Waals surface area contributed by atoms with E-state index in [1.54, 1.807) is 11.8 Å². The third-order valence-corrected chi connectivity index (χ3v) is 6.57. The molecule has 0 aliphatic carbocycles. The van der Waals surface area contributed by atoms with E-state index >= 15 is 0 Å². The van der Waals surface area contributed by atoms with E-state index in [1.807, 2.05) is 18.5 Å². The number of hydrogen-bond donors (Lipinski definition) is 0. The van der Waals surface area contributed by atoms with Crippen molar-refractivity contribution < 1.29 is 4.79 Å². The number of nitrogens with zero attached hydrogens (tertiary/aromatic N) is 3. The molecule has 1 saturated heterocycles. The molecule has 136 valence electrons. The topological polar surface area (TPSA) is 36.4 Å². The summed E-state index contributed by atoms with van der Waals surface area (Å²) in [5.74, 6) is 1.32. The van der Waals surface area contributed by atoms with Crippen LogP contribution < -0.4 is 0 Å². The molecule has 2 unspecified atom stereocenters. The Balaban J connectivity index is 1.43. The molecule has 1 amide bonds. The summed E-state index contributed by atoms with van der Waals surface area (Å²) in [5.41, 5.74) is 3.79. The largest absolute Gasteiger partial charge is 0.336 e. The monoisotopic (exact) mass is 367 g/mol. The summed E-state index contributed by atoms with van der Waals surface area (Å²) < 4.78 is 0. The molecule has 1 fully saturated rings. The van der Waals surface area contributed by atoms with Gasteiger partial charge in [0.05, 0.1) is 0 Å². The Morgan fingerprint density at radius 3 is 2.92 bits per heavy atom. The van der Waals surface area contributed by atoms with Gasteiger partial charge in [0.1, 0.15) is 5.25 Å². The zero-order valence-electron chi connectivity index (χ0n) is 15.2. The van der Waals surface area contributed by atoms with Crippen molar-refractivity contribution in [3.05, 3.63) is 65.5 Å². The van der Waals surface area contributed by atoms with Crippen molar-refractivity contribution >= 4 is 17.7 Å². The van der Waals surface area contributed by atoms with Crippen molar-refractivity contribution in [3.63, 3.8) is 0 Å². The standard InChI is InChI=1S/C21H25N3OS/c1-16-14-23(15-17-5-4-9-22-13-17)10-11-24(16)21(25)20-19-7-3-2-6-18(19)8-12-26-20/h2-7,9,13,16,20H,8,10-12,14-15H2,1H3. The predicted molar refractivity (Wildman–Crippen MR) is 106 cm³/mol. The average Bonchev–Trinajstić information content (AvgIpc) is 2.68. The summed E-state index contributed by atoms with van der Waals surface area (Å²) in [7, 11) is 0. The lowest BCUT2D eigenvalue weighted by Crippen LogP contribution is -2.54. The van der Waals surface area contributed by atoms with E-state index in [-0.39, 0.29) is 17.2 Å². The SMILES string of the molecule is CC1CN(Cc2cccnc2)CCN1C(=O)C1SCCc2ccccc21. The molecule has 5 heteroatoms. The lowest BCUT2D eigenvalue weighted by molar-refractivity contribution is -0.135. The lowest BCUT2D eigenvalue weighted by atomic mass is 10.00. The summed E-state index contributed by atoms with van der Waals surface area (Å²) in [6.45, 7) is 5.72. The molecule has 0 spiro atoms. The molecule has 2 atom stereocenters. The number of aryl methyl sites for hydroxylation is 1. The number of thioether (sulfide) groups is 1. The predicted octanol–water partition coefficient (Wildman–Crippen LogP) is 3.14. The van der Waals surface area contributed by atoms with Crippen LogP contribution in [0.1, 0.15) is 28.9 Å². The van der Waals surface area contributed by atoms with Crippen molar-refractivity contribution in [3.8, 4) is 0 Å². The van der Waals surface area contributed by atoms with Gasteiger partial charge < -0.3 is 4.90 Å². The van der Waals surface area contributed by atoms with Crippen LogP contribution in [0.5, 0.6) is 0 Å². The lowest BCUT2D eigenvalue weighted by Gasteiger charge is -2.41. The first kappa shape index (κ1) is 17.6. The first-order valence-electron chi connectivity index (χ1n) is 9.33. The van der Waals surface area contributed by atoms with Crippen molar-refractivity contribution in [2.24, 2.45) is 0 Å². The Morgan fingerprint density at radius 1 is 1.23 bits per heavy atom. The van der Waals surface area contributed by atoms with Gasteiger partial charge in [0.25, 0.3) is 0 Å². The minimum absolute atomic E-state index is 0.0349. The Morgan fingerprint density at radius 2 is 2.12 bits per heavy atom. The average molecular weight is 368 g/mol. The van der Waals surface area contributed by atoms with Gasteiger partial charge in [-0.25, -0.2) is 0 Å². The van der Waals surface area contributed by atoms with E-state index < -0.39 is 0 Å². The quantitative estimate of drug-likeness (QED) is 0.835. The van der Waals surface area contributed by atoms with Gasteiger partial charge in [0, 0.05) is 44.6 Å². The maximum absolute atomic E-state index is 13.3. The number of benzene rings is 1.